The van der Waals surface area contributed by atoms with Gasteiger partial charge in [0.15, 0.2) is 0 Å². The third kappa shape index (κ3) is 4.01. The third-order valence-electron chi connectivity index (χ3n) is 3.89. The highest BCUT2D eigenvalue weighted by atomic mass is 16.5. The van der Waals surface area contributed by atoms with Crippen LogP contribution < -0.4 is 9.47 Å². The van der Waals surface area contributed by atoms with Crippen LogP contribution in [0.2, 0.25) is 0 Å². The Morgan fingerprint density at radius 2 is 2.00 bits per heavy atom. The first-order chi connectivity index (χ1) is 11.8. The normalized spacial score (nSPS) is 17.4. The van der Waals surface area contributed by atoms with Crippen molar-refractivity contribution in [2.24, 2.45) is 0 Å². The maximum Gasteiger partial charge on any atom is 0.316 e. The molecule has 126 valence electrons. The molecule has 1 aromatic heterocycles. The lowest BCUT2D eigenvalue weighted by Crippen LogP contribution is -2.44. The van der Waals surface area contributed by atoms with Gasteiger partial charge >= 0.3 is 6.01 Å². The standard InChI is InChI=1S/C18H21N3O3/c1-2-23-15-8-6-14(7-9-15)17(22)21-12-3-5-16(13-21)24-18-19-10-4-11-20-18/h4,6-11,16H,2-3,5,12-13H2,1H3. The number of hydrogen-bond acceptors (Lipinski definition) is 5. The minimum absolute atomic E-state index is 0.0142. The molecule has 24 heavy (non-hydrogen) atoms. The molecule has 0 radical (unpaired) electrons. The van der Waals surface area contributed by atoms with Gasteiger partial charge in [0.25, 0.3) is 5.91 Å². The topological polar surface area (TPSA) is 64.5 Å². The zero-order valence-corrected chi connectivity index (χ0v) is 13.7. The Balaban J connectivity index is 1.62. The summed E-state index contributed by atoms with van der Waals surface area (Å²) in [7, 11) is 0. The molecular formula is C18H21N3O3. The second kappa shape index (κ2) is 7.77. The van der Waals surface area contributed by atoms with Crippen LogP contribution in [-0.2, 0) is 0 Å². The number of piperidine rings is 1. The number of nitrogens with zero attached hydrogens (tertiary/aromatic N) is 3. The van der Waals surface area contributed by atoms with E-state index in [0.717, 1.165) is 25.1 Å². The molecule has 6 nitrogen and oxygen atoms in total. The van der Waals surface area contributed by atoms with Gasteiger partial charge in [0.2, 0.25) is 0 Å². The Morgan fingerprint density at radius 3 is 2.71 bits per heavy atom. The summed E-state index contributed by atoms with van der Waals surface area (Å²) >= 11 is 0. The van der Waals surface area contributed by atoms with Crippen LogP contribution in [0.15, 0.2) is 42.7 Å². The van der Waals surface area contributed by atoms with E-state index in [0.29, 0.717) is 24.7 Å². The van der Waals surface area contributed by atoms with E-state index >= 15 is 0 Å². The summed E-state index contributed by atoms with van der Waals surface area (Å²) in [6, 6.07) is 9.36. The van der Waals surface area contributed by atoms with Crippen LogP contribution >= 0.6 is 0 Å². The van der Waals surface area contributed by atoms with Crippen LogP contribution in [0.4, 0.5) is 0 Å². The van der Waals surface area contributed by atoms with Gasteiger partial charge in [-0.1, -0.05) is 0 Å². The van der Waals surface area contributed by atoms with Crippen LogP contribution in [0.3, 0.4) is 0 Å². The van der Waals surface area contributed by atoms with E-state index in [-0.39, 0.29) is 12.0 Å². The number of amides is 1. The Kier molecular flexibility index (Phi) is 5.25. The first-order valence-corrected chi connectivity index (χ1v) is 8.22. The van der Waals surface area contributed by atoms with Crippen LogP contribution in [0, 0.1) is 0 Å². The van der Waals surface area contributed by atoms with Gasteiger partial charge in [-0.25, -0.2) is 9.97 Å². The van der Waals surface area contributed by atoms with Crippen molar-refractivity contribution in [2.45, 2.75) is 25.9 Å². The number of carbonyl (C=O) groups excluding carboxylic acids is 1. The molecule has 1 aliphatic heterocycles. The van der Waals surface area contributed by atoms with Gasteiger partial charge in [-0.05, 0) is 50.1 Å². The van der Waals surface area contributed by atoms with Crippen molar-refractivity contribution in [1.82, 2.24) is 14.9 Å². The SMILES string of the molecule is CCOc1ccc(C(=O)N2CCCC(Oc3ncccn3)C2)cc1. The zero-order valence-electron chi connectivity index (χ0n) is 13.7. The molecular weight excluding hydrogens is 306 g/mol. The van der Waals surface area contributed by atoms with E-state index in [9.17, 15) is 4.79 Å². The Morgan fingerprint density at radius 1 is 1.25 bits per heavy atom. The van der Waals surface area contributed by atoms with E-state index in [4.69, 9.17) is 9.47 Å². The fraction of sp³-hybridized carbons (Fsp3) is 0.389. The van der Waals surface area contributed by atoms with Gasteiger partial charge in [-0.2, -0.15) is 0 Å². The molecule has 0 saturated carbocycles. The van der Waals surface area contributed by atoms with E-state index < -0.39 is 0 Å². The van der Waals surface area contributed by atoms with Crippen molar-refractivity contribution in [3.63, 3.8) is 0 Å². The Bertz CT molecular complexity index is 661. The van der Waals surface area contributed by atoms with Crippen molar-refractivity contribution in [2.75, 3.05) is 19.7 Å². The number of ether oxygens (including phenoxy) is 2. The molecule has 3 rings (SSSR count). The molecule has 1 aliphatic rings. The number of carbonyl (C=O) groups is 1. The minimum atomic E-state index is -0.0761. The van der Waals surface area contributed by atoms with E-state index in [1.807, 2.05) is 24.0 Å². The molecule has 2 heterocycles. The number of likely N-dealkylation sites (tertiary alicyclic amines) is 1. The summed E-state index contributed by atoms with van der Waals surface area (Å²) in [5.74, 6) is 0.787. The molecule has 1 aromatic carbocycles. The molecule has 2 aromatic rings. The van der Waals surface area contributed by atoms with Gasteiger partial charge in [-0.3, -0.25) is 4.79 Å². The fourth-order valence-electron chi connectivity index (χ4n) is 2.76. The van der Waals surface area contributed by atoms with Gasteiger partial charge in [0, 0.05) is 24.5 Å². The predicted octanol–water partition coefficient (Wildman–Crippen LogP) is 2.56. The van der Waals surface area contributed by atoms with Crippen LogP contribution in [0.1, 0.15) is 30.1 Å². The van der Waals surface area contributed by atoms with E-state index in [1.165, 1.54) is 0 Å². The summed E-state index contributed by atoms with van der Waals surface area (Å²) < 4.78 is 11.2. The second-order valence-corrected chi connectivity index (χ2v) is 5.62. The summed E-state index contributed by atoms with van der Waals surface area (Å²) in [5, 5.41) is 0. The zero-order chi connectivity index (χ0) is 16.8. The van der Waals surface area contributed by atoms with Crippen molar-refractivity contribution in [1.29, 1.82) is 0 Å². The first-order valence-electron chi connectivity index (χ1n) is 8.22. The number of benzene rings is 1. The van der Waals surface area contributed by atoms with Crippen LogP contribution in [0.5, 0.6) is 11.8 Å². The summed E-state index contributed by atoms with van der Waals surface area (Å²) in [5.41, 5.74) is 0.662. The maximum atomic E-state index is 12.7. The molecule has 0 N–H and O–H groups in total. The number of rotatable bonds is 5. The van der Waals surface area contributed by atoms with Gasteiger partial charge in [0.1, 0.15) is 11.9 Å². The molecule has 1 saturated heterocycles. The third-order valence-corrected chi connectivity index (χ3v) is 3.89. The van der Waals surface area contributed by atoms with Crippen LogP contribution in [0.25, 0.3) is 0 Å². The number of aromatic nitrogens is 2. The van der Waals surface area contributed by atoms with Gasteiger partial charge < -0.3 is 14.4 Å². The number of hydrogen-bond donors (Lipinski definition) is 0. The largest absolute Gasteiger partial charge is 0.494 e. The summed E-state index contributed by atoms with van der Waals surface area (Å²) in [6.07, 6.45) is 5.01. The van der Waals surface area contributed by atoms with E-state index in [1.54, 1.807) is 30.6 Å². The lowest BCUT2D eigenvalue weighted by atomic mass is 10.1. The van der Waals surface area contributed by atoms with Crippen molar-refractivity contribution in [3.05, 3.63) is 48.3 Å². The molecule has 1 atom stereocenters. The molecule has 0 spiro atoms. The second-order valence-electron chi connectivity index (χ2n) is 5.62. The van der Waals surface area contributed by atoms with Crippen molar-refractivity contribution >= 4 is 5.91 Å². The predicted molar refractivity (Wildman–Crippen MR) is 89.2 cm³/mol. The summed E-state index contributed by atoms with van der Waals surface area (Å²) in [6.45, 7) is 3.83. The highest BCUT2D eigenvalue weighted by Gasteiger charge is 2.26. The molecule has 1 fully saturated rings. The monoisotopic (exact) mass is 327 g/mol. The maximum absolute atomic E-state index is 12.7. The van der Waals surface area contributed by atoms with Crippen molar-refractivity contribution < 1.29 is 14.3 Å². The Hall–Kier alpha value is -2.63. The molecule has 0 bridgehead atoms. The lowest BCUT2D eigenvalue weighted by molar-refractivity contribution is 0.0516. The lowest BCUT2D eigenvalue weighted by Gasteiger charge is -2.32. The molecule has 1 unspecified atom stereocenters. The van der Waals surface area contributed by atoms with E-state index in [2.05, 4.69) is 9.97 Å². The average molecular weight is 327 g/mol. The minimum Gasteiger partial charge on any atom is -0.494 e. The molecule has 1 amide bonds. The fourth-order valence-corrected chi connectivity index (χ4v) is 2.76. The van der Waals surface area contributed by atoms with Crippen molar-refractivity contribution in [3.8, 4) is 11.8 Å². The summed E-state index contributed by atoms with van der Waals surface area (Å²) in [4.78, 5) is 22.6. The smallest absolute Gasteiger partial charge is 0.316 e. The van der Waals surface area contributed by atoms with Crippen LogP contribution in [-0.4, -0.2) is 46.6 Å². The first kappa shape index (κ1) is 16.2. The van der Waals surface area contributed by atoms with Gasteiger partial charge in [0.05, 0.1) is 13.2 Å². The Labute approximate surface area is 141 Å². The molecule has 6 heteroatoms. The molecule has 0 aliphatic carbocycles. The quantitative estimate of drug-likeness (QED) is 0.844. The average Bonchev–Trinajstić information content (AvgIpc) is 2.63. The highest BCUT2D eigenvalue weighted by Crippen LogP contribution is 2.19. The van der Waals surface area contributed by atoms with Gasteiger partial charge in [-0.15, -0.1) is 0 Å². The highest BCUT2D eigenvalue weighted by molar-refractivity contribution is 5.94.